The second-order valence-corrected chi connectivity index (χ2v) is 3.88. The lowest BCUT2D eigenvalue weighted by Crippen LogP contribution is -2.17. The van der Waals surface area contributed by atoms with Crippen LogP contribution in [0.4, 0.5) is 0 Å². The summed E-state index contributed by atoms with van der Waals surface area (Å²) in [4.78, 5) is 27.3. The molecular weight excluding hydrogens is 262 g/mol. The van der Waals surface area contributed by atoms with Crippen LogP contribution in [0, 0.1) is 6.92 Å². The Morgan fingerprint density at radius 3 is 2.65 bits per heavy atom. The van der Waals surface area contributed by atoms with E-state index in [0.29, 0.717) is 5.75 Å². The van der Waals surface area contributed by atoms with E-state index in [2.05, 4.69) is 4.98 Å². The molecule has 0 aliphatic heterocycles. The highest BCUT2D eigenvalue weighted by Crippen LogP contribution is 2.18. The number of carbonyl (C=O) groups is 1. The Balaban J connectivity index is 2.36. The molecule has 0 spiro atoms. The van der Waals surface area contributed by atoms with Crippen molar-refractivity contribution < 1.29 is 18.7 Å². The van der Waals surface area contributed by atoms with Crippen LogP contribution in [0.2, 0.25) is 0 Å². The van der Waals surface area contributed by atoms with Crippen molar-refractivity contribution in [1.82, 2.24) is 4.98 Å². The smallest absolute Gasteiger partial charge is 0.402 e. The second kappa shape index (κ2) is 6.01. The summed E-state index contributed by atoms with van der Waals surface area (Å²) in [6.45, 7) is 3.30. The lowest BCUT2D eigenvalue weighted by Gasteiger charge is -2.06. The summed E-state index contributed by atoms with van der Waals surface area (Å²) < 4.78 is 15.0. The first kappa shape index (κ1) is 13.8. The van der Waals surface area contributed by atoms with E-state index in [1.165, 1.54) is 6.92 Å². The lowest BCUT2D eigenvalue weighted by atomic mass is 10.2. The minimum atomic E-state index is -0.686. The first-order chi connectivity index (χ1) is 9.61. The zero-order valence-corrected chi connectivity index (χ0v) is 11.1. The quantitative estimate of drug-likeness (QED) is 0.797. The summed E-state index contributed by atoms with van der Waals surface area (Å²) in [6, 6.07) is 8.68. The van der Waals surface area contributed by atoms with Gasteiger partial charge in [0.15, 0.2) is 5.69 Å². The van der Waals surface area contributed by atoms with E-state index in [9.17, 15) is 9.59 Å². The van der Waals surface area contributed by atoms with Gasteiger partial charge in [0.05, 0.1) is 12.2 Å². The van der Waals surface area contributed by atoms with Gasteiger partial charge in [-0.25, -0.2) is 9.59 Å². The highest BCUT2D eigenvalue weighted by atomic mass is 16.6. The van der Waals surface area contributed by atoms with Crippen LogP contribution in [0.25, 0.3) is 0 Å². The predicted octanol–water partition coefficient (Wildman–Crippen LogP) is 2.31. The number of carbonyl (C=O) groups excluding carboxylic acids is 1. The average molecular weight is 275 g/mol. The van der Waals surface area contributed by atoms with Crippen molar-refractivity contribution in [2.75, 3.05) is 6.61 Å². The van der Waals surface area contributed by atoms with Gasteiger partial charge in [-0.1, -0.05) is 18.2 Å². The molecule has 0 aliphatic carbocycles. The summed E-state index contributed by atoms with van der Waals surface area (Å²) >= 11 is 0. The van der Waals surface area contributed by atoms with Crippen LogP contribution >= 0.6 is 0 Å². The summed E-state index contributed by atoms with van der Waals surface area (Å²) in [6.07, 6.45) is -0.296. The van der Waals surface area contributed by atoms with Gasteiger partial charge in [-0.3, -0.25) is 0 Å². The van der Waals surface area contributed by atoms with Gasteiger partial charge >= 0.3 is 17.7 Å². The molecule has 0 N–H and O–H groups in total. The van der Waals surface area contributed by atoms with E-state index < -0.39 is 11.6 Å². The Bertz CT molecular complexity index is 663. The van der Waals surface area contributed by atoms with Gasteiger partial charge < -0.3 is 13.9 Å². The fourth-order valence-corrected chi connectivity index (χ4v) is 1.48. The molecule has 0 fully saturated rings. The molecular formula is C14H13NO5. The summed E-state index contributed by atoms with van der Waals surface area (Å²) in [5.74, 6) is -0.238. The highest BCUT2D eigenvalue weighted by molar-refractivity contribution is 5.88. The maximum Gasteiger partial charge on any atom is 0.402 e. The molecule has 6 heteroatoms. The van der Waals surface area contributed by atoms with Crippen LogP contribution < -0.4 is 10.4 Å². The van der Waals surface area contributed by atoms with Crippen LogP contribution in [0.3, 0.4) is 0 Å². The van der Waals surface area contributed by atoms with Crippen LogP contribution in [0.5, 0.6) is 11.8 Å². The number of benzene rings is 1. The van der Waals surface area contributed by atoms with Crippen LogP contribution in [-0.2, 0) is 4.74 Å². The molecule has 104 valence electrons. The summed E-state index contributed by atoms with van der Waals surface area (Å²) in [5, 5.41) is 0. The maximum atomic E-state index is 11.7. The minimum absolute atomic E-state index is 0.0869. The Kier molecular flexibility index (Phi) is 4.14. The second-order valence-electron chi connectivity index (χ2n) is 3.88. The van der Waals surface area contributed by atoms with Gasteiger partial charge in [-0.2, -0.15) is 4.98 Å². The molecule has 0 saturated carbocycles. The molecule has 0 unspecified atom stereocenters. The number of nitrogens with zero attached hydrogens (tertiary/aromatic N) is 1. The molecule has 1 heterocycles. The number of esters is 1. The van der Waals surface area contributed by atoms with E-state index in [-0.39, 0.29) is 23.9 Å². The first-order valence-electron chi connectivity index (χ1n) is 6.03. The van der Waals surface area contributed by atoms with Crippen molar-refractivity contribution in [2.45, 2.75) is 13.8 Å². The summed E-state index contributed by atoms with van der Waals surface area (Å²) in [5.41, 5.74) is -0.702. The SMILES string of the molecule is CCOC(=O)c1nc(Oc2ccccc2)oc(=O)c1C. The third kappa shape index (κ3) is 3.03. The van der Waals surface area contributed by atoms with E-state index in [1.54, 1.807) is 31.2 Å². The van der Waals surface area contributed by atoms with Crippen molar-refractivity contribution in [3.05, 3.63) is 52.0 Å². The monoisotopic (exact) mass is 275 g/mol. The predicted molar refractivity (Wildman–Crippen MR) is 70.0 cm³/mol. The third-order valence-corrected chi connectivity index (χ3v) is 2.46. The number of rotatable bonds is 4. The highest BCUT2D eigenvalue weighted by Gasteiger charge is 2.18. The zero-order chi connectivity index (χ0) is 14.5. The molecule has 0 bridgehead atoms. The van der Waals surface area contributed by atoms with E-state index >= 15 is 0 Å². The Hall–Kier alpha value is -2.63. The Labute approximate surface area is 115 Å². The zero-order valence-electron chi connectivity index (χ0n) is 11.1. The van der Waals surface area contributed by atoms with Gasteiger partial charge in [0.25, 0.3) is 0 Å². The van der Waals surface area contributed by atoms with Crippen molar-refractivity contribution in [2.24, 2.45) is 0 Å². The van der Waals surface area contributed by atoms with E-state index in [0.717, 1.165) is 0 Å². The molecule has 0 atom stereocenters. The van der Waals surface area contributed by atoms with Gasteiger partial charge in [0.2, 0.25) is 0 Å². The van der Waals surface area contributed by atoms with Crippen molar-refractivity contribution in [1.29, 1.82) is 0 Å². The number of aromatic nitrogens is 1. The summed E-state index contributed by atoms with van der Waals surface area (Å²) in [7, 11) is 0. The molecule has 1 aromatic carbocycles. The standard InChI is InChI=1S/C14H13NO5/c1-3-18-13(17)11-9(2)12(16)20-14(15-11)19-10-7-5-4-6-8-10/h4-8H,3H2,1-2H3. The van der Waals surface area contributed by atoms with Crippen molar-refractivity contribution >= 4 is 5.97 Å². The van der Waals surface area contributed by atoms with Crippen molar-refractivity contribution in [3.63, 3.8) is 0 Å². The fraction of sp³-hybridized carbons (Fsp3) is 0.214. The topological polar surface area (TPSA) is 78.6 Å². The fourth-order valence-electron chi connectivity index (χ4n) is 1.48. The van der Waals surface area contributed by atoms with Crippen LogP contribution in [0.1, 0.15) is 23.0 Å². The molecule has 0 radical (unpaired) electrons. The number of hydrogen-bond donors (Lipinski definition) is 0. The van der Waals surface area contributed by atoms with Crippen LogP contribution in [0.15, 0.2) is 39.5 Å². The molecule has 6 nitrogen and oxygen atoms in total. The molecule has 2 rings (SSSR count). The first-order valence-corrected chi connectivity index (χ1v) is 6.03. The Morgan fingerprint density at radius 2 is 2.00 bits per heavy atom. The number of ether oxygens (including phenoxy) is 2. The number of hydrogen-bond acceptors (Lipinski definition) is 6. The van der Waals surface area contributed by atoms with E-state index in [4.69, 9.17) is 13.9 Å². The maximum absolute atomic E-state index is 11.7. The number of para-hydroxylation sites is 1. The minimum Gasteiger partial charge on any atom is -0.461 e. The molecule has 2 aromatic rings. The van der Waals surface area contributed by atoms with Crippen LogP contribution in [-0.4, -0.2) is 17.6 Å². The van der Waals surface area contributed by atoms with Crippen molar-refractivity contribution in [3.8, 4) is 11.8 Å². The van der Waals surface area contributed by atoms with Gasteiger partial charge in [-0.05, 0) is 26.0 Å². The molecule has 0 saturated heterocycles. The third-order valence-electron chi connectivity index (χ3n) is 2.46. The molecule has 20 heavy (non-hydrogen) atoms. The van der Waals surface area contributed by atoms with Gasteiger partial charge in [0.1, 0.15) is 5.75 Å². The molecule has 0 aliphatic rings. The normalized spacial score (nSPS) is 10.1. The lowest BCUT2D eigenvalue weighted by molar-refractivity contribution is 0.0514. The van der Waals surface area contributed by atoms with Gasteiger partial charge in [0, 0.05) is 0 Å². The largest absolute Gasteiger partial charge is 0.461 e. The van der Waals surface area contributed by atoms with Gasteiger partial charge in [-0.15, -0.1) is 0 Å². The molecule has 1 aromatic heterocycles. The molecule has 0 amide bonds. The van der Waals surface area contributed by atoms with E-state index in [1.807, 2.05) is 6.07 Å². The average Bonchev–Trinajstić information content (AvgIpc) is 2.44. The Morgan fingerprint density at radius 1 is 1.30 bits per heavy atom.